The lowest BCUT2D eigenvalue weighted by Crippen LogP contribution is -2.14. The number of methoxy groups -OCH3 is 1. The summed E-state index contributed by atoms with van der Waals surface area (Å²) in [5.74, 6) is 0. The number of aryl methyl sites for hydroxylation is 1. The van der Waals surface area contributed by atoms with Crippen LogP contribution in [-0.4, -0.2) is 29.9 Å². The van der Waals surface area contributed by atoms with Crippen molar-refractivity contribution in [3.05, 3.63) is 16.6 Å². The lowest BCUT2D eigenvalue weighted by atomic mass is 10.2. The molecule has 1 aromatic heterocycles. The van der Waals surface area contributed by atoms with E-state index in [4.69, 9.17) is 4.74 Å². The van der Waals surface area contributed by atoms with Crippen LogP contribution < -0.4 is 0 Å². The van der Waals surface area contributed by atoms with Crippen molar-refractivity contribution in [1.29, 1.82) is 0 Å². The van der Waals surface area contributed by atoms with Crippen LogP contribution in [0.3, 0.4) is 0 Å². The van der Waals surface area contributed by atoms with Crippen LogP contribution >= 0.6 is 11.3 Å². The summed E-state index contributed by atoms with van der Waals surface area (Å²) in [5, 5.41) is 9.31. The number of rotatable bonds is 5. The molecule has 1 rings (SSSR count). The minimum Gasteiger partial charge on any atom is -0.391 e. The van der Waals surface area contributed by atoms with Crippen molar-refractivity contribution in [3.8, 4) is 0 Å². The van der Waals surface area contributed by atoms with Gasteiger partial charge in [-0.3, -0.25) is 4.98 Å². The third-order valence-electron chi connectivity index (χ3n) is 1.57. The summed E-state index contributed by atoms with van der Waals surface area (Å²) in [4.78, 5) is 5.16. The SMILES string of the molecule is COCC(O)CCc1cncs1. The molecule has 0 saturated carbocycles. The summed E-state index contributed by atoms with van der Waals surface area (Å²) in [6.45, 7) is 0.415. The highest BCUT2D eigenvalue weighted by molar-refractivity contribution is 7.09. The summed E-state index contributed by atoms with van der Waals surface area (Å²) in [6.07, 6.45) is 3.12. The Morgan fingerprint density at radius 3 is 3.17 bits per heavy atom. The normalized spacial score (nSPS) is 13.2. The van der Waals surface area contributed by atoms with Crippen molar-refractivity contribution in [3.63, 3.8) is 0 Å². The lowest BCUT2D eigenvalue weighted by Gasteiger charge is -2.06. The first kappa shape index (κ1) is 9.64. The van der Waals surface area contributed by atoms with E-state index in [0.29, 0.717) is 6.61 Å². The number of aliphatic hydroxyl groups excluding tert-OH is 1. The fourth-order valence-electron chi connectivity index (χ4n) is 0.950. The van der Waals surface area contributed by atoms with Gasteiger partial charge in [-0.1, -0.05) is 0 Å². The molecule has 1 aromatic rings. The predicted octanol–water partition coefficient (Wildman–Crippen LogP) is 1.08. The second-order valence-electron chi connectivity index (χ2n) is 2.62. The fraction of sp³-hybridized carbons (Fsp3) is 0.625. The number of nitrogens with zero attached hydrogens (tertiary/aromatic N) is 1. The van der Waals surface area contributed by atoms with Crippen LogP contribution in [0.5, 0.6) is 0 Å². The van der Waals surface area contributed by atoms with Crippen molar-refractivity contribution in [2.75, 3.05) is 13.7 Å². The molecular weight excluding hydrogens is 174 g/mol. The molecule has 0 aliphatic heterocycles. The smallest absolute Gasteiger partial charge is 0.0794 e. The molecule has 1 unspecified atom stereocenters. The van der Waals surface area contributed by atoms with Gasteiger partial charge in [-0.2, -0.15) is 0 Å². The van der Waals surface area contributed by atoms with Crippen LogP contribution in [0.4, 0.5) is 0 Å². The quantitative estimate of drug-likeness (QED) is 0.750. The van der Waals surface area contributed by atoms with Gasteiger partial charge >= 0.3 is 0 Å². The molecule has 0 spiro atoms. The van der Waals surface area contributed by atoms with Crippen LogP contribution in [0.25, 0.3) is 0 Å². The molecule has 1 heterocycles. The van der Waals surface area contributed by atoms with E-state index in [1.54, 1.807) is 24.0 Å². The zero-order valence-corrected chi connectivity index (χ0v) is 7.88. The molecule has 12 heavy (non-hydrogen) atoms. The second kappa shape index (κ2) is 5.24. The molecule has 0 fully saturated rings. The highest BCUT2D eigenvalue weighted by Crippen LogP contribution is 2.09. The standard InChI is InChI=1S/C8H13NO2S/c1-11-5-7(10)2-3-8-4-9-6-12-8/h4,6-7,10H,2-3,5H2,1H3. The maximum absolute atomic E-state index is 9.31. The van der Waals surface area contributed by atoms with Gasteiger partial charge in [-0.05, 0) is 12.8 Å². The molecule has 3 nitrogen and oxygen atoms in total. The molecule has 0 radical (unpaired) electrons. The summed E-state index contributed by atoms with van der Waals surface area (Å²) in [7, 11) is 1.59. The predicted molar refractivity (Wildman–Crippen MR) is 48.3 cm³/mol. The van der Waals surface area contributed by atoms with Crippen LogP contribution in [0.15, 0.2) is 11.7 Å². The second-order valence-corrected chi connectivity index (χ2v) is 3.59. The van der Waals surface area contributed by atoms with Crippen molar-refractivity contribution >= 4 is 11.3 Å². The van der Waals surface area contributed by atoms with Crippen LogP contribution in [0, 0.1) is 0 Å². The van der Waals surface area contributed by atoms with Crippen LogP contribution in [-0.2, 0) is 11.2 Å². The minimum atomic E-state index is -0.350. The van der Waals surface area contributed by atoms with Crippen molar-refractivity contribution in [1.82, 2.24) is 4.98 Å². The number of aromatic nitrogens is 1. The number of hydrogen-bond acceptors (Lipinski definition) is 4. The van der Waals surface area contributed by atoms with Gasteiger partial charge in [0, 0.05) is 18.2 Å². The average molecular weight is 187 g/mol. The van der Waals surface area contributed by atoms with Crippen molar-refractivity contribution in [2.24, 2.45) is 0 Å². The van der Waals surface area contributed by atoms with Gasteiger partial charge in [0.15, 0.2) is 0 Å². The van der Waals surface area contributed by atoms with Gasteiger partial charge in [-0.15, -0.1) is 11.3 Å². The third kappa shape index (κ3) is 3.30. The Bertz CT molecular complexity index is 201. The first-order chi connectivity index (χ1) is 5.83. The van der Waals surface area contributed by atoms with Gasteiger partial charge in [0.25, 0.3) is 0 Å². The third-order valence-corrected chi connectivity index (χ3v) is 2.41. The minimum absolute atomic E-state index is 0.350. The van der Waals surface area contributed by atoms with Crippen molar-refractivity contribution < 1.29 is 9.84 Å². The molecule has 1 N–H and O–H groups in total. The number of thiazole rings is 1. The van der Waals surface area contributed by atoms with E-state index in [1.165, 1.54) is 4.88 Å². The molecule has 4 heteroatoms. The molecule has 0 amide bonds. The Balaban J connectivity index is 2.17. The highest BCUT2D eigenvalue weighted by Gasteiger charge is 2.03. The number of hydrogen-bond donors (Lipinski definition) is 1. The van der Waals surface area contributed by atoms with E-state index in [9.17, 15) is 5.11 Å². The first-order valence-electron chi connectivity index (χ1n) is 3.87. The molecule has 68 valence electrons. The van der Waals surface area contributed by atoms with E-state index in [1.807, 2.05) is 6.20 Å². The molecule has 0 aromatic carbocycles. The zero-order valence-electron chi connectivity index (χ0n) is 7.06. The lowest BCUT2D eigenvalue weighted by molar-refractivity contribution is 0.0596. The van der Waals surface area contributed by atoms with E-state index in [-0.39, 0.29) is 6.10 Å². The van der Waals surface area contributed by atoms with E-state index in [2.05, 4.69) is 4.98 Å². The molecular formula is C8H13NO2S. The van der Waals surface area contributed by atoms with Gasteiger partial charge in [0.1, 0.15) is 0 Å². The number of aliphatic hydroxyl groups is 1. The maximum atomic E-state index is 9.31. The van der Waals surface area contributed by atoms with E-state index in [0.717, 1.165) is 12.8 Å². The van der Waals surface area contributed by atoms with Crippen LogP contribution in [0.1, 0.15) is 11.3 Å². The first-order valence-corrected chi connectivity index (χ1v) is 4.75. The molecule has 0 bridgehead atoms. The van der Waals surface area contributed by atoms with E-state index >= 15 is 0 Å². The van der Waals surface area contributed by atoms with Gasteiger partial charge < -0.3 is 9.84 Å². The van der Waals surface area contributed by atoms with Gasteiger partial charge in [0.05, 0.1) is 18.2 Å². The molecule has 0 aliphatic rings. The summed E-state index contributed by atoms with van der Waals surface area (Å²) in [6, 6.07) is 0. The summed E-state index contributed by atoms with van der Waals surface area (Å²) >= 11 is 1.62. The molecule has 0 saturated heterocycles. The topological polar surface area (TPSA) is 42.4 Å². The Hall–Kier alpha value is -0.450. The summed E-state index contributed by atoms with van der Waals surface area (Å²) < 4.78 is 4.81. The zero-order chi connectivity index (χ0) is 8.81. The molecule has 0 aliphatic carbocycles. The Labute approximate surface area is 76.0 Å². The van der Waals surface area contributed by atoms with Crippen molar-refractivity contribution in [2.45, 2.75) is 18.9 Å². The Kier molecular flexibility index (Phi) is 4.21. The maximum Gasteiger partial charge on any atom is 0.0794 e. The van der Waals surface area contributed by atoms with Gasteiger partial charge in [0.2, 0.25) is 0 Å². The van der Waals surface area contributed by atoms with Gasteiger partial charge in [-0.25, -0.2) is 0 Å². The highest BCUT2D eigenvalue weighted by atomic mass is 32.1. The van der Waals surface area contributed by atoms with Crippen LogP contribution in [0.2, 0.25) is 0 Å². The molecule has 1 atom stereocenters. The largest absolute Gasteiger partial charge is 0.391 e. The van der Waals surface area contributed by atoms with E-state index < -0.39 is 0 Å². The monoisotopic (exact) mass is 187 g/mol. The Morgan fingerprint density at radius 2 is 2.58 bits per heavy atom. The Morgan fingerprint density at radius 1 is 1.75 bits per heavy atom. The number of ether oxygens (including phenoxy) is 1. The fourth-order valence-corrected chi connectivity index (χ4v) is 1.56. The summed E-state index contributed by atoms with van der Waals surface area (Å²) in [5.41, 5.74) is 1.80. The average Bonchev–Trinajstić information content (AvgIpc) is 2.53.